The van der Waals surface area contributed by atoms with Crippen molar-refractivity contribution in [3.05, 3.63) is 35.4 Å². The van der Waals surface area contributed by atoms with Gasteiger partial charge in [-0.05, 0) is 17.7 Å². The molecule has 0 spiro atoms. The van der Waals surface area contributed by atoms with E-state index in [4.69, 9.17) is 10.8 Å². The maximum absolute atomic E-state index is 12.7. The Morgan fingerprint density at radius 3 is 2.11 bits per heavy atom. The van der Waals surface area contributed by atoms with Crippen LogP contribution in [-0.4, -0.2) is 17.5 Å². The average Bonchev–Trinajstić information content (AvgIpc) is 2.26. The SMILES string of the molecule is NC(C(=O)O)(c1cccc(C(F)(F)F)c1)C(F)F. The molecular weight excluding hydrogens is 261 g/mol. The van der Waals surface area contributed by atoms with Crippen LogP contribution in [0, 0.1) is 0 Å². The predicted molar refractivity (Wildman–Crippen MR) is 50.9 cm³/mol. The van der Waals surface area contributed by atoms with Gasteiger partial charge in [0, 0.05) is 0 Å². The second kappa shape index (κ2) is 4.52. The lowest BCUT2D eigenvalue weighted by Crippen LogP contribution is -2.51. The van der Waals surface area contributed by atoms with Gasteiger partial charge in [0.25, 0.3) is 6.43 Å². The van der Waals surface area contributed by atoms with Crippen LogP contribution >= 0.6 is 0 Å². The minimum atomic E-state index is -4.77. The molecule has 1 rings (SSSR count). The second-order valence-electron chi connectivity index (χ2n) is 3.55. The van der Waals surface area contributed by atoms with E-state index in [0.717, 1.165) is 12.1 Å². The van der Waals surface area contributed by atoms with Gasteiger partial charge in [0.15, 0.2) is 0 Å². The Bertz CT molecular complexity index is 460. The second-order valence-corrected chi connectivity index (χ2v) is 3.55. The monoisotopic (exact) mass is 269 g/mol. The number of carboxylic acid groups (broad SMARTS) is 1. The number of benzene rings is 1. The molecule has 0 bridgehead atoms. The summed E-state index contributed by atoms with van der Waals surface area (Å²) < 4.78 is 62.5. The lowest BCUT2D eigenvalue weighted by atomic mass is 9.90. The minimum Gasteiger partial charge on any atom is -0.479 e. The summed E-state index contributed by atoms with van der Waals surface area (Å²) in [7, 11) is 0. The third kappa shape index (κ3) is 2.42. The van der Waals surface area contributed by atoms with E-state index in [0.29, 0.717) is 12.1 Å². The number of rotatable bonds is 3. The van der Waals surface area contributed by atoms with Gasteiger partial charge in [-0.15, -0.1) is 0 Å². The van der Waals surface area contributed by atoms with Gasteiger partial charge in [0.1, 0.15) is 0 Å². The Hall–Kier alpha value is -1.70. The molecule has 3 N–H and O–H groups in total. The first-order valence-corrected chi connectivity index (χ1v) is 4.58. The van der Waals surface area contributed by atoms with Crippen LogP contribution in [0.25, 0.3) is 0 Å². The molecule has 18 heavy (non-hydrogen) atoms. The molecule has 0 heterocycles. The van der Waals surface area contributed by atoms with Gasteiger partial charge in [-0.25, -0.2) is 13.6 Å². The number of nitrogens with two attached hydrogens (primary N) is 1. The highest BCUT2D eigenvalue weighted by atomic mass is 19.4. The molecule has 0 aromatic heterocycles. The quantitative estimate of drug-likeness (QED) is 0.827. The van der Waals surface area contributed by atoms with Gasteiger partial charge in [-0.3, -0.25) is 0 Å². The van der Waals surface area contributed by atoms with Crippen LogP contribution in [0.4, 0.5) is 22.0 Å². The molecule has 0 amide bonds. The summed E-state index contributed by atoms with van der Waals surface area (Å²) in [6, 6.07) is 2.58. The summed E-state index contributed by atoms with van der Waals surface area (Å²) in [4.78, 5) is 10.7. The van der Waals surface area contributed by atoms with Crippen molar-refractivity contribution >= 4 is 5.97 Å². The van der Waals surface area contributed by atoms with Gasteiger partial charge >= 0.3 is 12.1 Å². The molecule has 0 aliphatic carbocycles. The first-order chi connectivity index (χ1) is 8.10. The zero-order valence-corrected chi connectivity index (χ0v) is 8.71. The summed E-state index contributed by atoms with van der Waals surface area (Å²) >= 11 is 0. The third-order valence-corrected chi connectivity index (χ3v) is 2.37. The van der Waals surface area contributed by atoms with E-state index in [1.54, 1.807) is 0 Å². The summed E-state index contributed by atoms with van der Waals surface area (Å²) in [5.41, 5.74) is -0.210. The van der Waals surface area contributed by atoms with Crippen molar-refractivity contribution in [3.63, 3.8) is 0 Å². The number of aliphatic carboxylic acids is 1. The number of hydrogen-bond acceptors (Lipinski definition) is 2. The first-order valence-electron chi connectivity index (χ1n) is 4.58. The average molecular weight is 269 g/mol. The highest BCUT2D eigenvalue weighted by molar-refractivity contribution is 5.81. The maximum atomic E-state index is 12.7. The number of hydrogen-bond donors (Lipinski definition) is 2. The van der Waals surface area contributed by atoms with Crippen LogP contribution in [0.1, 0.15) is 11.1 Å². The number of carbonyl (C=O) groups is 1. The zero-order valence-electron chi connectivity index (χ0n) is 8.71. The van der Waals surface area contributed by atoms with Crippen molar-refractivity contribution in [1.82, 2.24) is 0 Å². The van der Waals surface area contributed by atoms with Gasteiger partial charge in [0.2, 0.25) is 5.54 Å². The lowest BCUT2D eigenvalue weighted by Gasteiger charge is -2.24. The summed E-state index contributed by atoms with van der Waals surface area (Å²) in [6.45, 7) is 0. The molecule has 0 radical (unpaired) electrons. The van der Waals surface area contributed by atoms with E-state index < -0.39 is 35.2 Å². The van der Waals surface area contributed by atoms with Crippen LogP contribution in [0.2, 0.25) is 0 Å². The van der Waals surface area contributed by atoms with Crippen molar-refractivity contribution < 1.29 is 31.9 Å². The fourth-order valence-electron chi connectivity index (χ4n) is 1.30. The topological polar surface area (TPSA) is 63.3 Å². The predicted octanol–water partition coefficient (Wildman–Crippen LogP) is 2.21. The molecule has 1 unspecified atom stereocenters. The smallest absolute Gasteiger partial charge is 0.416 e. The van der Waals surface area contributed by atoms with Crippen molar-refractivity contribution in [2.75, 3.05) is 0 Å². The molecule has 0 aliphatic heterocycles. The molecule has 3 nitrogen and oxygen atoms in total. The van der Waals surface area contributed by atoms with Crippen molar-refractivity contribution in [2.24, 2.45) is 5.73 Å². The van der Waals surface area contributed by atoms with E-state index in [1.165, 1.54) is 0 Å². The Kier molecular flexibility index (Phi) is 3.61. The molecule has 100 valence electrons. The van der Waals surface area contributed by atoms with Crippen LogP contribution < -0.4 is 5.73 Å². The molecule has 1 atom stereocenters. The molecule has 0 fully saturated rings. The molecule has 1 aromatic rings. The van der Waals surface area contributed by atoms with E-state index in [1.807, 2.05) is 0 Å². The van der Waals surface area contributed by atoms with E-state index in [9.17, 15) is 26.7 Å². The van der Waals surface area contributed by atoms with E-state index in [2.05, 4.69) is 0 Å². The maximum Gasteiger partial charge on any atom is 0.416 e. The number of carboxylic acids is 1. The van der Waals surface area contributed by atoms with Gasteiger partial charge < -0.3 is 10.8 Å². The van der Waals surface area contributed by atoms with E-state index >= 15 is 0 Å². The van der Waals surface area contributed by atoms with Crippen LogP contribution in [0.15, 0.2) is 24.3 Å². The van der Waals surface area contributed by atoms with Crippen molar-refractivity contribution in [2.45, 2.75) is 18.1 Å². The number of halogens is 5. The first kappa shape index (κ1) is 14.4. The highest BCUT2D eigenvalue weighted by Gasteiger charge is 2.46. The Labute approximate surface area is 98.0 Å². The normalized spacial score (nSPS) is 15.5. The molecule has 0 saturated carbocycles. The van der Waals surface area contributed by atoms with Crippen LogP contribution in [-0.2, 0) is 16.5 Å². The summed E-state index contributed by atoms with van der Waals surface area (Å²) in [5, 5.41) is 8.66. The molecule has 0 saturated heterocycles. The Morgan fingerprint density at radius 1 is 1.22 bits per heavy atom. The van der Waals surface area contributed by atoms with E-state index in [-0.39, 0.29) is 0 Å². The van der Waals surface area contributed by atoms with Crippen molar-refractivity contribution in [3.8, 4) is 0 Å². The van der Waals surface area contributed by atoms with Gasteiger partial charge in [-0.2, -0.15) is 13.2 Å². The largest absolute Gasteiger partial charge is 0.479 e. The molecule has 1 aromatic carbocycles. The molecular formula is C10H8F5NO2. The minimum absolute atomic E-state index is 0.306. The van der Waals surface area contributed by atoms with Gasteiger partial charge in [0.05, 0.1) is 5.56 Å². The van der Waals surface area contributed by atoms with Gasteiger partial charge in [-0.1, -0.05) is 12.1 Å². The highest BCUT2D eigenvalue weighted by Crippen LogP contribution is 2.33. The fourth-order valence-corrected chi connectivity index (χ4v) is 1.30. The number of alkyl halides is 5. The Morgan fingerprint density at radius 2 is 1.72 bits per heavy atom. The summed E-state index contributed by atoms with van der Waals surface area (Å²) in [6.07, 6.45) is -8.31. The fraction of sp³-hybridized carbons (Fsp3) is 0.300. The Balaban J connectivity index is 3.36. The van der Waals surface area contributed by atoms with Crippen molar-refractivity contribution in [1.29, 1.82) is 0 Å². The molecule has 8 heteroatoms. The zero-order chi connectivity index (χ0) is 14.1. The van der Waals surface area contributed by atoms with Crippen LogP contribution in [0.5, 0.6) is 0 Å². The third-order valence-electron chi connectivity index (χ3n) is 2.37. The standard InChI is InChI=1S/C10H8F5NO2/c11-7(12)9(16,8(17)18)5-2-1-3-6(4-5)10(13,14)15/h1-4,7H,16H2,(H,17,18). The van der Waals surface area contributed by atoms with Crippen LogP contribution in [0.3, 0.4) is 0 Å². The molecule has 0 aliphatic rings. The summed E-state index contributed by atoms with van der Waals surface area (Å²) in [5.74, 6) is -2.10. The lowest BCUT2D eigenvalue weighted by molar-refractivity contribution is -0.150.